The van der Waals surface area contributed by atoms with Gasteiger partial charge in [-0.3, -0.25) is 29.3 Å². The fraction of sp³-hybridized carbons (Fsp3) is 0.389. The van der Waals surface area contributed by atoms with Crippen LogP contribution >= 0.6 is 0 Å². The second-order valence-electron chi connectivity index (χ2n) is 6.35. The van der Waals surface area contributed by atoms with Crippen molar-refractivity contribution in [2.75, 3.05) is 11.9 Å². The van der Waals surface area contributed by atoms with E-state index in [4.69, 9.17) is 0 Å². The average molecular weight is 373 g/mol. The van der Waals surface area contributed by atoms with Gasteiger partial charge in [0.1, 0.15) is 6.04 Å². The number of anilines is 1. The predicted molar refractivity (Wildman–Crippen MR) is 92.4 cm³/mol. The monoisotopic (exact) mass is 373 g/mol. The molecule has 2 aliphatic heterocycles. The summed E-state index contributed by atoms with van der Waals surface area (Å²) in [6.45, 7) is 0.675. The zero-order valence-electron chi connectivity index (χ0n) is 14.5. The van der Waals surface area contributed by atoms with Crippen LogP contribution in [0.1, 0.15) is 41.6 Å². The average Bonchev–Trinajstić information content (AvgIpc) is 2.97. The van der Waals surface area contributed by atoms with Gasteiger partial charge < -0.3 is 15.0 Å². The second-order valence-corrected chi connectivity index (χ2v) is 6.35. The summed E-state index contributed by atoms with van der Waals surface area (Å²) in [5.74, 6) is -1.38. The molecule has 3 rings (SSSR count). The molecule has 2 heterocycles. The lowest BCUT2D eigenvalue weighted by Crippen LogP contribution is -2.52. The Labute approximate surface area is 155 Å². The van der Waals surface area contributed by atoms with E-state index in [0.29, 0.717) is 29.7 Å². The lowest BCUT2D eigenvalue weighted by Gasteiger charge is -2.29. The van der Waals surface area contributed by atoms with E-state index < -0.39 is 11.9 Å². The van der Waals surface area contributed by atoms with Crippen LogP contribution in [0.4, 0.5) is 5.69 Å². The summed E-state index contributed by atoms with van der Waals surface area (Å²) < 4.78 is 4.55. The molecule has 1 aromatic rings. The lowest BCUT2D eigenvalue weighted by molar-refractivity contribution is -0.137. The quantitative estimate of drug-likeness (QED) is 0.404. The largest absolute Gasteiger partial charge is 0.468 e. The van der Waals surface area contributed by atoms with Crippen molar-refractivity contribution in [1.82, 2.24) is 10.2 Å². The molecule has 142 valence electrons. The van der Waals surface area contributed by atoms with Crippen LogP contribution in [0.25, 0.3) is 0 Å². The highest BCUT2D eigenvalue weighted by atomic mass is 16.5. The fourth-order valence-corrected chi connectivity index (χ4v) is 3.28. The van der Waals surface area contributed by atoms with Crippen molar-refractivity contribution in [3.63, 3.8) is 0 Å². The van der Waals surface area contributed by atoms with Crippen LogP contribution in [0.15, 0.2) is 18.2 Å². The molecule has 0 bridgehead atoms. The van der Waals surface area contributed by atoms with Crippen molar-refractivity contribution in [3.8, 4) is 0 Å². The van der Waals surface area contributed by atoms with Crippen LogP contribution in [-0.4, -0.2) is 47.6 Å². The summed E-state index contributed by atoms with van der Waals surface area (Å²) in [6, 6.07) is 4.30. The third-order valence-corrected chi connectivity index (χ3v) is 4.59. The maximum absolute atomic E-state index is 12.7. The van der Waals surface area contributed by atoms with Crippen LogP contribution in [0.2, 0.25) is 0 Å². The Balaban J connectivity index is 1.70. The number of hydrogen-bond acceptors (Lipinski definition) is 6. The minimum atomic E-state index is -0.702. The van der Waals surface area contributed by atoms with Gasteiger partial charge in [-0.1, -0.05) is 6.07 Å². The van der Waals surface area contributed by atoms with Crippen LogP contribution < -0.4 is 10.6 Å². The normalized spacial score (nSPS) is 18.7. The SMILES string of the molecule is O=COCCCC(=O)Nc1cccc2c1CN(C1CCC(=O)NC1=O)C2=O. The number of carbonyl (C=O) groups is 5. The van der Waals surface area contributed by atoms with Crippen LogP contribution in [0.5, 0.6) is 0 Å². The van der Waals surface area contributed by atoms with Crippen molar-refractivity contribution in [2.24, 2.45) is 0 Å². The summed E-state index contributed by atoms with van der Waals surface area (Å²) in [5, 5.41) is 5.02. The number of fused-ring (bicyclic) bond motifs is 1. The number of ether oxygens (including phenoxy) is 1. The molecule has 0 saturated carbocycles. The number of hydrogen-bond donors (Lipinski definition) is 2. The van der Waals surface area contributed by atoms with Crippen molar-refractivity contribution >= 4 is 35.8 Å². The Kier molecular flexibility index (Phi) is 5.49. The number of nitrogens with one attached hydrogen (secondary N) is 2. The minimum absolute atomic E-state index is 0.158. The van der Waals surface area contributed by atoms with E-state index in [1.165, 1.54) is 4.90 Å². The van der Waals surface area contributed by atoms with E-state index in [-0.39, 0.29) is 50.1 Å². The molecule has 0 radical (unpaired) electrons. The van der Waals surface area contributed by atoms with Gasteiger partial charge in [0.2, 0.25) is 17.7 Å². The Hall–Kier alpha value is -3.23. The van der Waals surface area contributed by atoms with Gasteiger partial charge in [-0.05, 0) is 25.0 Å². The number of benzene rings is 1. The van der Waals surface area contributed by atoms with E-state index in [9.17, 15) is 24.0 Å². The molecule has 9 nitrogen and oxygen atoms in total. The van der Waals surface area contributed by atoms with Crippen LogP contribution in [-0.2, 0) is 30.5 Å². The van der Waals surface area contributed by atoms with Crippen molar-refractivity contribution < 1.29 is 28.7 Å². The highest BCUT2D eigenvalue weighted by Crippen LogP contribution is 2.32. The van der Waals surface area contributed by atoms with Gasteiger partial charge in [0.15, 0.2) is 0 Å². The molecule has 1 unspecified atom stereocenters. The summed E-state index contributed by atoms with van der Waals surface area (Å²) in [7, 11) is 0. The first-order valence-electron chi connectivity index (χ1n) is 8.63. The van der Waals surface area contributed by atoms with Gasteiger partial charge in [0.05, 0.1) is 6.61 Å². The molecule has 1 atom stereocenters. The van der Waals surface area contributed by atoms with Crippen molar-refractivity contribution in [1.29, 1.82) is 0 Å². The third kappa shape index (κ3) is 3.97. The Morgan fingerprint density at radius 2 is 2.15 bits per heavy atom. The molecule has 2 N–H and O–H groups in total. The van der Waals surface area contributed by atoms with E-state index in [1.54, 1.807) is 18.2 Å². The van der Waals surface area contributed by atoms with Crippen molar-refractivity contribution in [3.05, 3.63) is 29.3 Å². The van der Waals surface area contributed by atoms with E-state index >= 15 is 0 Å². The molecule has 1 aromatic carbocycles. The molecule has 2 aliphatic rings. The predicted octanol–water partition coefficient (Wildman–Crippen LogP) is 0.339. The Bertz CT molecular complexity index is 806. The molecule has 1 saturated heterocycles. The zero-order valence-corrected chi connectivity index (χ0v) is 14.5. The number of imide groups is 1. The summed E-state index contributed by atoms with van der Waals surface area (Å²) in [5.41, 5.74) is 1.59. The number of piperidine rings is 1. The maximum Gasteiger partial charge on any atom is 0.293 e. The first kappa shape index (κ1) is 18.6. The first-order chi connectivity index (χ1) is 13.0. The van der Waals surface area contributed by atoms with E-state index in [2.05, 4.69) is 15.4 Å². The Morgan fingerprint density at radius 1 is 1.33 bits per heavy atom. The lowest BCUT2D eigenvalue weighted by atomic mass is 10.0. The van der Waals surface area contributed by atoms with Gasteiger partial charge in [-0.25, -0.2) is 0 Å². The highest BCUT2D eigenvalue weighted by Gasteiger charge is 2.39. The summed E-state index contributed by atoms with van der Waals surface area (Å²) in [6.07, 6.45) is 1.02. The van der Waals surface area contributed by atoms with E-state index in [0.717, 1.165) is 0 Å². The molecule has 0 aromatic heterocycles. The van der Waals surface area contributed by atoms with Gasteiger partial charge >= 0.3 is 0 Å². The van der Waals surface area contributed by atoms with Crippen LogP contribution in [0.3, 0.4) is 0 Å². The molecule has 4 amide bonds. The van der Waals surface area contributed by atoms with Crippen molar-refractivity contribution in [2.45, 2.75) is 38.3 Å². The number of carbonyl (C=O) groups excluding carboxylic acids is 5. The second kappa shape index (κ2) is 7.98. The highest BCUT2D eigenvalue weighted by molar-refractivity contribution is 6.06. The molecule has 27 heavy (non-hydrogen) atoms. The first-order valence-corrected chi connectivity index (χ1v) is 8.63. The topological polar surface area (TPSA) is 122 Å². The van der Waals surface area contributed by atoms with Crippen LogP contribution in [0, 0.1) is 0 Å². The molecular formula is C18H19N3O6. The molecule has 0 spiro atoms. The zero-order chi connectivity index (χ0) is 19.4. The minimum Gasteiger partial charge on any atom is -0.468 e. The Morgan fingerprint density at radius 3 is 2.89 bits per heavy atom. The smallest absolute Gasteiger partial charge is 0.293 e. The number of amides is 4. The van der Waals surface area contributed by atoms with Gasteiger partial charge in [0.25, 0.3) is 12.4 Å². The molecule has 0 aliphatic carbocycles. The van der Waals surface area contributed by atoms with Gasteiger partial charge in [-0.15, -0.1) is 0 Å². The third-order valence-electron chi connectivity index (χ3n) is 4.59. The molecular weight excluding hydrogens is 354 g/mol. The standard InChI is InChI=1S/C18H19N3O6/c22-10-27-8-2-5-15(23)19-13-4-1-3-11-12(13)9-21(18(11)26)14-6-7-16(24)20-17(14)25/h1,3-4,10,14H,2,5-9H2,(H,19,23)(H,20,24,25). The van der Waals surface area contributed by atoms with Gasteiger partial charge in [-0.2, -0.15) is 0 Å². The maximum atomic E-state index is 12.7. The van der Waals surface area contributed by atoms with Gasteiger partial charge in [0, 0.05) is 36.2 Å². The fourth-order valence-electron chi connectivity index (χ4n) is 3.28. The molecule has 1 fully saturated rings. The van der Waals surface area contributed by atoms with E-state index in [1.807, 2.05) is 0 Å². The number of nitrogens with zero attached hydrogens (tertiary/aromatic N) is 1. The summed E-state index contributed by atoms with van der Waals surface area (Å²) >= 11 is 0. The summed E-state index contributed by atoms with van der Waals surface area (Å²) in [4.78, 5) is 59.7. The molecule has 9 heteroatoms. The number of rotatable bonds is 7.